The Morgan fingerprint density at radius 1 is 1.31 bits per heavy atom. The van der Waals surface area contributed by atoms with Crippen LogP contribution in [0.15, 0.2) is 24.3 Å². The molecule has 0 saturated heterocycles. The third kappa shape index (κ3) is 0.914. The van der Waals surface area contributed by atoms with Crippen LogP contribution < -0.4 is 5.73 Å². The van der Waals surface area contributed by atoms with Gasteiger partial charge in [0.15, 0.2) is 5.65 Å². The molecule has 2 N–H and O–H groups in total. The molecule has 2 heterocycles. The van der Waals surface area contributed by atoms with Crippen LogP contribution in [0.5, 0.6) is 0 Å². The highest BCUT2D eigenvalue weighted by Gasteiger charge is 2.13. The van der Waals surface area contributed by atoms with Crippen molar-refractivity contribution in [3.05, 3.63) is 29.8 Å². The van der Waals surface area contributed by atoms with E-state index in [4.69, 9.17) is 11.0 Å². The number of rotatable bonds is 0. The topological polar surface area (TPSA) is 92.9 Å². The number of tetrazole rings is 1. The molecule has 0 fully saturated rings. The fourth-order valence-corrected chi connectivity index (χ4v) is 1.76. The van der Waals surface area contributed by atoms with Crippen molar-refractivity contribution in [2.75, 3.05) is 5.73 Å². The molecule has 0 aliphatic rings. The molecule has 0 spiro atoms. The van der Waals surface area contributed by atoms with Crippen LogP contribution in [0.1, 0.15) is 5.56 Å². The summed E-state index contributed by atoms with van der Waals surface area (Å²) in [5, 5.41) is 21.0. The van der Waals surface area contributed by atoms with Gasteiger partial charge in [-0.1, -0.05) is 18.2 Å². The van der Waals surface area contributed by atoms with Gasteiger partial charge in [0.1, 0.15) is 11.6 Å². The van der Waals surface area contributed by atoms with Crippen molar-refractivity contribution in [1.29, 1.82) is 5.26 Å². The summed E-state index contributed by atoms with van der Waals surface area (Å²) < 4.78 is 1.52. The van der Waals surface area contributed by atoms with Gasteiger partial charge in [0.2, 0.25) is 0 Å². The van der Waals surface area contributed by atoms with E-state index in [1.165, 1.54) is 4.52 Å². The minimum Gasteiger partial charge on any atom is -0.397 e. The molecule has 0 radical (unpaired) electrons. The van der Waals surface area contributed by atoms with Crippen molar-refractivity contribution in [2.24, 2.45) is 0 Å². The first-order chi connectivity index (χ1) is 7.83. The number of para-hydroxylation sites is 1. The van der Waals surface area contributed by atoms with Crippen molar-refractivity contribution in [3.8, 4) is 6.07 Å². The molecule has 6 heteroatoms. The first kappa shape index (κ1) is 8.61. The highest BCUT2D eigenvalue weighted by Crippen LogP contribution is 2.26. The molecule has 0 atom stereocenters. The average molecular weight is 210 g/mol. The Morgan fingerprint density at radius 2 is 2.12 bits per heavy atom. The van der Waals surface area contributed by atoms with Gasteiger partial charge in [0.05, 0.1) is 11.2 Å². The lowest BCUT2D eigenvalue weighted by Gasteiger charge is -2.05. The van der Waals surface area contributed by atoms with Crippen LogP contribution >= 0.6 is 0 Å². The van der Waals surface area contributed by atoms with Gasteiger partial charge in [0, 0.05) is 5.39 Å². The molecule has 0 bridgehead atoms. The number of nitrogen functional groups attached to an aromatic ring is 1. The van der Waals surface area contributed by atoms with Gasteiger partial charge in [-0.2, -0.15) is 9.78 Å². The summed E-state index contributed by atoms with van der Waals surface area (Å²) >= 11 is 0. The Morgan fingerprint density at radius 3 is 2.94 bits per heavy atom. The van der Waals surface area contributed by atoms with E-state index in [-0.39, 0.29) is 0 Å². The zero-order valence-electron chi connectivity index (χ0n) is 8.12. The van der Waals surface area contributed by atoms with Crippen LogP contribution in [0.4, 0.5) is 5.69 Å². The first-order valence-corrected chi connectivity index (χ1v) is 4.61. The van der Waals surface area contributed by atoms with Gasteiger partial charge in [0.25, 0.3) is 0 Å². The normalized spacial score (nSPS) is 10.7. The van der Waals surface area contributed by atoms with E-state index in [0.717, 1.165) is 10.9 Å². The molecule has 76 valence electrons. The predicted molar refractivity (Wildman–Crippen MR) is 57.4 cm³/mol. The number of benzene rings is 1. The fourth-order valence-electron chi connectivity index (χ4n) is 1.76. The van der Waals surface area contributed by atoms with Gasteiger partial charge >= 0.3 is 0 Å². The SMILES string of the molecule is N#Cc1c(N)c2ccccc2n2nnnc12. The van der Waals surface area contributed by atoms with Crippen LogP contribution in [-0.2, 0) is 0 Å². The third-order valence-electron chi connectivity index (χ3n) is 2.50. The molecule has 0 saturated carbocycles. The maximum Gasteiger partial charge on any atom is 0.199 e. The van der Waals surface area contributed by atoms with E-state index < -0.39 is 0 Å². The molecular formula is C10H6N6. The summed E-state index contributed by atoms with van der Waals surface area (Å²) in [6, 6.07) is 9.45. The van der Waals surface area contributed by atoms with Crippen LogP contribution in [0.2, 0.25) is 0 Å². The number of fused-ring (bicyclic) bond motifs is 3. The highest BCUT2D eigenvalue weighted by molar-refractivity contribution is 5.96. The van der Waals surface area contributed by atoms with Crippen molar-refractivity contribution < 1.29 is 0 Å². The van der Waals surface area contributed by atoms with Crippen LogP contribution in [-0.4, -0.2) is 20.0 Å². The maximum atomic E-state index is 9.06. The lowest BCUT2D eigenvalue weighted by molar-refractivity contribution is 0.841. The summed E-state index contributed by atoms with van der Waals surface area (Å²) in [4.78, 5) is 0. The number of nitrogens with zero attached hydrogens (tertiary/aromatic N) is 5. The average Bonchev–Trinajstić information content (AvgIpc) is 2.79. The van der Waals surface area contributed by atoms with E-state index in [2.05, 4.69) is 15.5 Å². The minimum atomic E-state index is 0.309. The first-order valence-electron chi connectivity index (χ1n) is 4.61. The number of aromatic nitrogens is 4. The summed E-state index contributed by atoms with van der Waals surface area (Å²) in [7, 11) is 0. The second kappa shape index (κ2) is 2.90. The lowest BCUT2D eigenvalue weighted by atomic mass is 10.1. The van der Waals surface area contributed by atoms with Gasteiger partial charge < -0.3 is 5.73 Å². The number of anilines is 1. The monoisotopic (exact) mass is 210 g/mol. The molecule has 3 rings (SSSR count). The van der Waals surface area contributed by atoms with Crippen molar-refractivity contribution in [1.82, 2.24) is 20.0 Å². The Kier molecular flexibility index (Phi) is 1.56. The number of hydrogen-bond donors (Lipinski definition) is 1. The molecule has 6 nitrogen and oxygen atoms in total. The van der Waals surface area contributed by atoms with Crippen LogP contribution in [0.25, 0.3) is 16.6 Å². The van der Waals surface area contributed by atoms with E-state index in [0.29, 0.717) is 16.9 Å². The molecule has 0 amide bonds. The van der Waals surface area contributed by atoms with Gasteiger partial charge in [-0.05, 0) is 16.5 Å². The molecule has 1 aromatic carbocycles. The predicted octanol–water partition coefficient (Wildman–Crippen LogP) is 0.731. The van der Waals surface area contributed by atoms with Crippen LogP contribution in [0, 0.1) is 11.3 Å². The van der Waals surface area contributed by atoms with E-state index in [1.54, 1.807) is 0 Å². The van der Waals surface area contributed by atoms with E-state index >= 15 is 0 Å². The number of pyridine rings is 1. The summed E-state index contributed by atoms with van der Waals surface area (Å²) in [6.45, 7) is 0. The van der Waals surface area contributed by atoms with Gasteiger partial charge in [-0.15, -0.1) is 5.10 Å². The molecule has 0 unspecified atom stereocenters. The Balaban J connectivity index is 2.70. The molecule has 0 aliphatic carbocycles. The van der Waals surface area contributed by atoms with E-state index in [1.807, 2.05) is 30.3 Å². The Bertz CT molecular complexity index is 736. The molecule has 3 aromatic rings. The molecule has 2 aromatic heterocycles. The second-order valence-electron chi connectivity index (χ2n) is 3.33. The van der Waals surface area contributed by atoms with Crippen molar-refractivity contribution in [2.45, 2.75) is 0 Å². The lowest BCUT2D eigenvalue weighted by Crippen LogP contribution is -2.00. The maximum absolute atomic E-state index is 9.06. The molecule has 0 aliphatic heterocycles. The third-order valence-corrected chi connectivity index (χ3v) is 2.50. The fraction of sp³-hybridized carbons (Fsp3) is 0. The van der Waals surface area contributed by atoms with Crippen molar-refractivity contribution in [3.63, 3.8) is 0 Å². The van der Waals surface area contributed by atoms with Gasteiger partial charge in [-0.25, -0.2) is 0 Å². The molecule has 16 heavy (non-hydrogen) atoms. The summed E-state index contributed by atoms with van der Waals surface area (Å²) in [5.74, 6) is 0. The van der Waals surface area contributed by atoms with Gasteiger partial charge in [-0.3, -0.25) is 0 Å². The smallest absolute Gasteiger partial charge is 0.199 e. The summed E-state index contributed by atoms with van der Waals surface area (Å²) in [6.07, 6.45) is 0. The second-order valence-corrected chi connectivity index (χ2v) is 3.33. The molecular weight excluding hydrogens is 204 g/mol. The zero-order valence-corrected chi connectivity index (χ0v) is 8.12. The zero-order chi connectivity index (χ0) is 11.1. The largest absolute Gasteiger partial charge is 0.397 e. The highest BCUT2D eigenvalue weighted by atomic mass is 15.5. The van der Waals surface area contributed by atoms with Crippen LogP contribution in [0.3, 0.4) is 0 Å². The van der Waals surface area contributed by atoms with Crippen molar-refractivity contribution >= 4 is 22.2 Å². The van der Waals surface area contributed by atoms with E-state index in [9.17, 15) is 0 Å². The quantitative estimate of drug-likeness (QED) is 0.590. The Hall–Kier alpha value is -2.68. The number of nitriles is 1. The standard InChI is InChI=1S/C10H6N6/c11-5-7-9(12)6-3-1-2-4-8(6)16-10(7)13-14-15-16/h1-4H,12H2. The number of hydrogen-bond acceptors (Lipinski definition) is 5. The minimum absolute atomic E-state index is 0.309. The summed E-state index contributed by atoms with van der Waals surface area (Å²) in [5.41, 5.74) is 7.83. The Labute approximate surface area is 89.9 Å². The number of nitrogens with two attached hydrogens (primary N) is 1.